The van der Waals surface area contributed by atoms with Crippen LogP contribution in [0.4, 0.5) is 5.82 Å². The van der Waals surface area contributed by atoms with Gasteiger partial charge in [0.2, 0.25) is 0 Å². The second-order valence-corrected chi connectivity index (χ2v) is 6.42. The van der Waals surface area contributed by atoms with Gasteiger partial charge in [0.1, 0.15) is 11.4 Å². The molecule has 0 spiro atoms. The molecule has 8 heteroatoms. The molecule has 138 valence electrons. The lowest BCUT2D eigenvalue weighted by molar-refractivity contribution is 0.0774. The Bertz CT molecular complexity index is 1020. The van der Waals surface area contributed by atoms with Crippen LogP contribution in [-0.4, -0.2) is 46.2 Å². The Morgan fingerprint density at radius 3 is 2.93 bits per heavy atom. The normalized spacial score (nSPS) is 19.8. The van der Waals surface area contributed by atoms with Crippen LogP contribution in [-0.2, 0) is 0 Å². The quantitative estimate of drug-likeness (QED) is 0.710. The minimum Gasteiger partial charge on any atom is -0.451 e. The molecule has 1 fully saturated rings. The predicted molar refractivity (Wildman–Crippen MR) is 98.6 cm³/mol. The third-order valence-corrected chi connectivity index (χ3v) is 4.63. The fraction of sp³-hybridized carbons (Fsp3) is 0.263. The monoisotopic (exact) mass is 366 g/mol. The maximum absolute atomic E-state index is 12.5. The number of nitrogens with zero attached hydrogens (tertiary/aromatic N) is 3. The second-order valence-electron chi connectivity index (χ2n) is 6.42. The number of aliphatic hydroxyl groups is 1. The molecule has 1 saturated heterocycles. The summed E-state index contributed by atoms with van der Waals surface area (Å²) in [6, 6.07) is 7.50. The smallest absolute Gasteiger partial charge is 0.287 e. The number of aliphatic hydroxyl groups excluding tert-OH is 1. The third-order valence-electron chi connectivity index (χ3n) is 4.63. The van der Waals surface area contributed by atoms with Gasteiger partial charge in [-0.05, 0) is 18.6 Å². The lowest BCUT2D eigenvalue weighted by atomic mass is 10.0. The van der Waals surface area contributed by atoms with Crippen molar-refractivity contribution in [1.29, 1.82) is 0 Å². The average molecular weight is 366 g/mol. The van der Waals surface area contributed by atoms with Crippen LogP contribution in [0.3, 0.4) is 0 Å². The van der Waals surface area contributed by atoms with E-state index in [1.54, 1.807) is 42.9 Å². The summed E-state index contributed by atoms with van der Waals surface area (Å²) in [7, 11) is 0. The Labute approximate surface area is 154 Å². The number of carbonyl (C=O) groups excluding carboxylic acids is 1. The first-order chi connectivity index (χ1) is 13.1. The Kier molecular flexibility index (Phi) is 4.55. The van der Waals surface area contributed by atoms with E-state index in [1.165, 1.54) is 6.07 Å². The molecule has 2 aromatic heterocycles. The SMILES string of the molecule is O=C(N[C@@H]1CCN(c2cnccn2)C[C@H]1O)c1cc(=O)c2ccccc2o1. The highest BCUT2D eigenvalue weighted by Crippen LogP contribution is 2.18. The topological polar surface area (TPSA) is 109 Å². The number of nitrogens with one attached hydrogen (secondary N) is 1. The van der Waals surface area contributed by atoms with Crippen molar-refractivity contribution in [3.8, 4) is 0 Å². The Hall–Kier alpha value is -3.26. The zero-order valence-electron chi connectivity index (χ0n) is 14.4. The number of rotatable bonds is 3. The molecule has 0 unspecified atom stereocenters. The van der Waals surface area contributed by atoms with Gasteiger partial charge in [-0.3, -0.25) is 14.6 Å². The largest absolute Gasteiger partial charge is 0.451 e. The van der Waals surface area contributed by atoms with Crippen LogP contribution >= 0.6 is 0 Å². The van der Waals surface area contributed by atoms with Gasteiger partial charge in [0.25, 0.3) is 5.91 Å². The van der Waals surface area contributed by atoms with E-state index in [2.05, 4.69) is 15.3 Å². The molecule has 0 saturated carbocycles. The van der Waals surface area contributed by atoms with E-state index in [4.69, 9.17) is 4.42 Å². The number of para-hydroxylation sites is 1. The van der Waals surface area contributed by atoms with Gasteiger partial charge in [-0.2, -0.15) is 0 Å². The summed E-state index contributed by atoms with van der Waals surface area (Å²) < 4.78 is 5.55. The van der Waals surface area contributed by atoms with Crippen LogP contribution in [0.1, 0.15) is 17.0 Å². The van der Waals surface area contributed by atoms with Crippen molar-refractivity contribution in [1.82, 2.24) is 15.3 Å². The van der Waals surface area contributed by atoms with Gasteiger partial charge in [0.15, 0.2) is 11.2 Å². The van der Waals surface area contributed by atoms with Gasteiger partial charge in [0, 0.05) is 31.5 Å². The van der Waals surface area contributed by atoms with Crippen molar-refractivity contribution in [2.24, 2.45) is 0 Å². The fourth-order valence-electron chi connectivity index (χ4n) is 3.22. The zero-order valence-corrected chi connectivity index (χ0v) is 14.4. The lowest BCUT2D eigenvalue weighted by Gasteiger charge is -2.36. The van der Waals surface area contributed by atoms with Crippen LogP contribution < -0.4 is 15.6 Å². The number of hydrogen-bond acceptors (Lipinski definition) is 7. The standard InChI is InChI=1S/C19H18N4O4/c24-14-9-17(27-16-4-2-1-3-12(14)16)19(26)22-13-5-8-23(11-15(13)25)18-10-20-6-7-21-18/h1-4,6-7,9-10,13,15,25H,5,8,11H2,(H,22,26)/t13-,15-/m1/s1. The fourth-order valence-corrected chi connectivity index (χ4v) is 3.22. The van der Waals surface area contributed by atoms with E-state index < -0.39 is 18.1 Å². The Morgan fingerprint density at radius 2 is 2.15 bits per heavy atom. The summed E-state index contributed by atoms with van der Waals surface area (Å²) in [5, 5.41) is 13.6. The Morgan fingerprint density at radius 1 is 1.30 bits per heavy atom. The molecule has 2 N–H and O–H groups in total. The molecule has 8 nitrogen and oxygen atoms in total. The number of piperidine rings is 1. The first kappa shape index (κ1) is 17.2. The highest BCUT2D eigenvalue weighted by Gasteiger charge is 2.30. The van der Waals surface area contributed by atoms with Crippen LogP contribution in [0.25, 0.3) is 11.0 Å². The highest BCUT2D eigenvalue weighted by molar-refractivity contribution is 5.93. The molecular weight excluding hydrogens is 348 g/mol. The molecule has 1 amide bonds. The summed E-state index contributed by atoms with van der Waals surface area (Å²) in [5.74, 6) is 0.0963. The predicted octanol–water partition coefficient (Wildman–Crippen LogP) is 0.953. The van der Waals surface area contributed by atoms with Crippen molar-refractivity contribution in [2.75, 3.05) is 18.0 Å². The summed E-state index contributed by atoms with van der Waals surface area (Å²) in [4.78, 5) is 34.8. The zero-order chi connectivity index (χ0) is 18.8. The molecule has 3 heterocycles. The first-order valence-electron chi connectivity index (χ1n) is 8.64. The van der Waals surface area contributed by atoms with Gasteiger partial charge >= 0.3 is 0 Å². The van der Waals surface area contributed by atoms with Gasteiger partial charge < -0.3 is 19.7 Å². The van der Waals surface area contributed by atoms with Gasteiger partial charge in [-0.15, -0.1) is 0 Å². The highest BCUT2D eigenvalue weighted by atomic mass is 16.3. The van der Waals surface area contributed by atoms with Crippen LogP contribution in [0.2, 0.25) is 0 Å². The lowest BCUT2D eigenvalue weighted by Crippen LogP contribution is -2.54. The number of anilines is 1. The minimum atomic E-state index is -0.781. The number of carbonyl (C=O) groups is 1. The van der Waals surface area contributed by atoms with Gasteiger partial charge in [-0.25, -0.2) is 4.98 Å². The van der Waals surface area contributed by atoms with Crippen molar-refractivity contribution < 1.29 is 14.3 Å². The van der Waals surface area contributed by atoms with E-state index in [0.717, 1.165) is 0 Å². The molecule has 27 heavy (non-hydrogen) atoms. The molecule has 2 atom stereocenters. The van der Waals surface area contributed by atoms with Crippen LogP contribution in [0.5, 0.6) is 0 Å². The molecule has 1 aliphatic rings. The maximum Gasteiger partial charge on any atom is 0.287 e. The molecule has 1 aliphatic heterocycles. The second kappa shape index (κ2) is 7.16. The van der Waals surface area contributed by atoms with Crippen LogP contribution in [0, 0.1) is 0 Å². The molecule has 0 radical (unpaired) electrons. The molecular formula is C19H18N4O4. The van der Waals surface area contributed by atoms with E-state index >= 15 is 0 Å². The van der Waals surface area contributed by atoms with Crippen molar-refractivity contribution in [2.45, 2.75) is 18.6 Å². The number of fused-ring (bicyclic) bond motifs is 1. The van der Waals surface area contributed by atoms with Gasteiger partial charge in [0.05, 0.1) is 23.7 Å². The summed E-state index contributed by atoms with van der Waals surface area (Å²) in [6.07, 6.45) is 4.56. The molecule has 0 aliphatic carbocycles. The number of benzene rings is 1. The number of amides is 1. The van der Waals surface area contributed by atoms with Crippen LogP contribution in [0.15, 0.2) is 58.1 Å². The summed E-state index contributed by atoms with van der Waals surface area (Å²) in [5.41, 5.74) is 0.0770. The summed E-state index contributed by atoms with van der Waals surface area (Å²) >= 11 is 0. The third kappa shape index (κ3) is 3.52. The number of hydrogen-bond donors (Lipinski definition) is 2. The molecule has 3 aromatic rings. The van der Waals surface area contributed by atoms with Crippen molar-refractivity contribution in [3.05, 3.63) is 64.9 Å². The van der Waals surface area contributed by atoms with Crippen molar-refractivity contribution in [3.63, 3.8) is 0 Å². The number of aromatic nitrogens is 2. The minimum absolute atomic E-state index is 0.0674. The van der Waals surface area contributed by atoms with Crippen molar-refractivity contribution >= 4 is 22.7 Å². The average Bonchev–Trinajstić information content (AvgIpc) is 2.70. The first-order valence-corrected chi connectivity index (χ1v) is 8.64. The Balaban J connectivity index is 1.47. The molecule has 1 aromatic carbocycles. The van der Waals surface area contributed by atoms with E-state index in [-0.39, 0.29) is 11.2 Å². The summed E-state index contributed by atoms with van der Waals surface area (Å²) in [6.45, 7) is 0.938. The van der Waals surface area contributed by atoms with E-state index in [0.29, 0.717) is 36.3 Å². The van der Waals surface area contributed by atoms with Gasteiger partial charge in [-0.1, -0.05) is 12.1 Å². The van der Waals surface area contributed by atoms with E-state index in [1.807, 2.05) is 4.90 Å². The number of β-amino-alcohol motifs (C(OH)–C–C–N with tert-alkyl or cyclic N) is 1. The molecule has 0 bridgehead atoms. The molecule has 4 rings (SSSR count). The van der Waals surface area contributed by atoms with E-state index in [9.17, 15) is 14.7 Å². The maximum atomic E-state index is 12.5.